The molecule has 0 saturated carbocycles. The normalized spacial score (nSPS) is 11.0. The minimum Gasteiger partial charge on any atom is -0.320 e. The topological polar surface area (TPSA) is 58.2 Å². The Morgan fingerprint density at radius 3 is 2.50 bits per heavy atom. The first kappa shape index (κ1) is 17.7. The summed E-state index contributed by atoms with van der Waals surface area (Å²) in [5.41, 5.74) is 0. The van der Waals surface area contributed by atoms with E-state index in [2.05, 4.69) is 10.0 Å². The maximum absolute atomic E-state index is 12.0. The fourth-order valence-electron chi connectivity index (χ4n) is 1.39. The van der Waals surface area contributed by atoms with Crippen LogP contribution in [0.15, 0.2) is 34.1 Å². The van der Waals surface area contributed by atoms with Gasteiger partial charge in [0.2, 0.25) is 10.0 Å². The Morgan fingerprint density at radius 1 is 1.22 bits per heavy atom. The molecule has 0 aliphatic carbocycles. The number of nitrogens with one attached hydrogen (secondary N) is 2. The third kappa shape index (κ3) is 5.16. The van der Waals surface area contributed by atoms with Crippen molar-refractivity contribution in [2.24, 2.45) is 0 Å². The van der Waals surface area contributed by atoms with Gasteiger partial charge < -0.3 is 5.32 Å². The van der Waals surface area contributed by atoms with Gasteiger partial charge in [0.15, 0.2) is 0 Å². The summed E-state index contributed by atoms with van der Waals surface area (Å²) in [6.07, 6.45) is 2.65. The van der Waals surface area contributed by atoms with Crippen LogP contribution in [-0.2, 0) is 10.0 Å². The van der Waals surface area contributed by atoms with Gasteiger partial charge in [-0.3, -0.25) is 0 Å². The van der Waals surface area contributed by atoms with Gasteiger partial charge in [0.1, 0.15) is 0 Å². The molecule has 0 unspecified atom stereocenters. The molecule has 0 fully saturated rings. The van der Waals surface area contributed by atoms with Crippen molar-refractivity contribution in [2.75, 3.05) is 26.4 Å². The molecule has 0 amide bonds. The van der Waals surface area contributed by atoms with Gasteiger partial charge in [-0.2, -0.15) is 0 Å². The third-order valence-electron chi connectivity index (χ3n) is 2.25. The van der Waals surface area contributed by atoms with Gasteiger partial charge in [0.25, 0.3) is 0 Å². The minimum atomic E-state index is -3.38. The standard InChI is InChI=1S/C11H18N2O2S2.ClH/c1-12-8-5-9-13-17(14,15)11-7-4-3-6-10(11)16-2;/h3-4,6-7,12-13H,5,8-9H2,1-2H3;1H. The van der Waals surface area contributed by atoms with Crippen LogP contribution in [0.25, 0.3) is 0 Å². The van der Waals surface area contributed by atoms with Crippen LogP contribution in [0.5, 0.6) is 0 Å². The zero-order valence-electron chi connectivity index (χ0n) is 10.5. The Labute approximate surface area is 119 Å². The fraction of sp³-hybridized carbons (Fsp3) is 0.455. The molecule has 1 aromatic rings. The molecule has 1 rings (SSSR count). The quantitative estimate of drug-likeness (QED) is 0.595. The van der Waals surface area contributed by atoms with Crippen LogP contribution in [0.3, 0.4) is 0 Å². The number of thioether (sulfide) groups is 1. The summed E-state index contributed by atoms with van der Waals surface area (Å²) in [7, 11) is -1.54. The highest BCUT2D eigenvalue weighted by Crippen LogP contribution is 2.23. The van der Waals surface area contributed by atoms with Crippen LogP contribution in [0.2, 0.25) is 0 Å². The smallest absolute Gasteiger partial charge is 0.241 e. The summed E-state index contributed by atoms with van der Waals surface area (Å²) in [6, 6.07) is 7.02. The van der Waals surface area contributed by atoms with Crippen molar-refractivity contribution < 1.29 is 8.42 Å². The number of benzene rings is 1. The average Bonchev–Trinajstić information content (AvgIpc) is 2.34. The summed E-state index contributed by atoms with van der Waals surface area (Å²) >= 11 is 1.43. The summed E-state index contributed by atoms with van der Waals surface area (Å²) in [6.45, 7) is 1.25. The van der Waals surface area contributed by atoms with E-state index in [1.54, 1.807) is 12.1 Å². The van der Waals surface area contributed by atoms with Gasteiger partial charge in [-0.25, -0.2) is 13.1 Å². The SMILES string of the molecule is CNCCCNS(=O)(=O)c1ccccc1SC.Cl. The largest absolute Gasteiger partial charge is 0.320 e. The van der Waals surface area contributed by atoms with E-state index in [9.17, 15) is 8.42 Å². The molecule has 4 nitrogen and oxygen atoms in total. The molecule has 0 bridgehead atoms. The van der Waals surface area contributed by atoms with Gasteiger partial charge in [0, 0.05) is 11.4 Å². The molecule has 0 heterocycles. The highest BCUT2D eigenvalue weighted by atomic mass is 35.5. The van der Waals surface area contributed by atoms with E-state index in [4.69, 9.17) is 0 Å². The van der Waals surface area contributed by atoms with E-state index in [0.29, 0.717) is 11.4 Å². The second-order valence-electron chi connectivity index (χ2n) is 3.51. The molecule has 0 atom stereocenters. The Morgan fingerprint density at radius 2 is 1.89 bits per heavy atom. The molecule has 0 aliphatic rings. The van der Waals surface area contributed by atoms with Gasteiger partial charge in [-0.1, -0.05) is 12.1 Å². The second kappa shape index (κ2) is 8.77. The summed E-state index contributed by atoms with van der Waals surface area (Å²) in [4.78, 5) is 1.13. The summed E-state index contributed by atoms with van der Waals surface area (Å²) < 4.78 is 26.7. The van der Waals surface area contributed by atoms with Crippen molar-refractivity contribution in [3.8, 4) is 0 Å². The molecular formula is C11H19ClN2O2S2. The molecule has 2 N–H and O–H groups in total. The van der Waals surface area contributed by atoms with Crippen LogP contribution < -0.4 is 10.0 Å². The number of halogens is 1. The van der Waals surface area contributed by atoms with Crippen molar-refractivity contribution >= 4 is 34.2 Å². The lowest BCUT2D eigenvalue weighted by molar-refractivity contribution is 0.575. The van der Waals surface area contributed by atoms with Crippen LogP contribution in [0.4, 0.5) is 0 Å². The van der Waals surface area contributed by atoms with E-state index in [-0.39, 0.29) is 12.4 Å². The Bertz CT molecular complexity index is 452. The van der Waals surface area contributed by atoms with Gasteiger partial charge >= 0.3 is 0 Å². The van der Waals surface area contributed by atoms with Gasteiger partial charge in [-0.05, 0) is 38.4 Å². The predicted octanol–water partition coefficient (Wildman–Crippen LogP) is 1.72. The maximum atomic E-state index is 12.0. The van der Waals surface area contributed by atoms with Crippen molar-refractivity contribution in [2.45, 2.75) is 16.2 Å². The van der Waals surface area contributed by atoms with Crippen molar-refractivity contribution in [3.05, 3.63) is 24.3 Å². The zero-order chi connectivity index (χ0) is 12.7. The minimum absolute atomic E-state index is 0. The van der Waals surface area contributed by atoms with Gasteiger partial charge in [0.05, 0.1) is 4.90 Å². The summed E-state index contributed by atoms with van der Waals surface area (Å²) in [5, 5.41) is 2.98. The molecule has 1 aromatic carbocycles. The van der Waals surface area contributed by atoms with Crippen LogP contribution >= 0.6 is 24.2 Å². The molecule has 0 spiro atoms. The monoisotopic (exact) mass is 310 g/mol. The molecule has 104 valence electrons. The Balaban J connectivity index is 0.00000289. The van der Waals surface area contributed by atoms with Gasteiger partial charge in [-0.15, -0.1) is 24.2 Å². The number of hydrogen-bond acceptors (Lipinski definition) is 4. The molecule has 0 saturated heterocycles. The predicted molar refractivity (Wildman–Crippen MR) is 79.2 cm³/mol. The lowest BCUT2D eigenvalue weighted by atomic mass is 10.4. The number of hydrogen-bond donors (Lipinski definition) is 2. The zero-order valence-corrected chi connectivity index (χ0v) is 12.9. The second-order valence-corrected chi connectivity index (χ2v) is 6.09. The van der Waals surface area contributed by atoms with E-state index < -0.39 is 10.0 Å². The van der Waals surface area contributed by atoms with Crippen LogP contribution in [-0.4, -0.2) is 34.8 Å². The maximum Gasteiger partial charge on any atom is 0.241 e. The molecule has 7 heteroatoms. The molecule has 18 heavy (non-hydrogen) atoms. The van der Waals surface area contributed by atoms with E-state index in [0.717, 1.165) is 17.9 Å². The number of rotatable bonds is 7. The third-order valence-corrected chi connectivity index (χ3v) is 4.70. The first-order valence-corrected chi connectivity index (χ1v) is 8.10. The van der Waals surface area contributed by atoms with Crippen molar-refractivity contribution in [3.63, 3.8) is 0 Å². The average molecular weight is 311 g/mol. The van der Waals surface area contributed by atoms with E-state index >= 15 is 0 Å². The van der Waals surface area contributed by atoms with Crippen molar-refractivity contribution in [1.29, 1.82) is 0 Å². The lowest BCUT2D eigenvalue weighted by Crippen LogP contribution is -2.27. The van der Waals surface area contributed by atoms with E-state index in [1.807, 2.05) is 25.4 Å². The first-order valence-electron chi connectivity index (χ1n) is 5.39. The molecule has 0 aromatic heterocycles. The van der Waals surface area contributed by atoms with E-state index in [1.165, 1.54) is 11.8 Å². The molecular weight excluding hydrogens is 292 g/mol. The van der Waals surface area contributed by atoms with Crippen LogP contribution in [0, 0.1) is 0 Å². The Hall–Kier alpha value is -0.270. The Kier molecular flexibility index (Phi) is 8.64. The molecule has 0 radical (unpaired) electrons. The van der Waals surface area contributed by atoms with Crippen molar-refractivity contribution in [1.82, 2.24) is 10.0 Å². The van der Waals surface area contributed by atoms with Crippen LogP contribution in [0.1, 0.15) is 6.42 Å². The fourth-order valence-corrected chi connectivity index (χ4v) is 3.61. The number of sulfonamides is 1. The highest BCUT2D eigenvalue weighted by molar-refractivity contribution is 7.99. The highest BCUT2D eigenvalue weighted by Gasteiger charge is 2.16. The lowest BCUT2D eigenvalue weighted by Gasteiger charge is -2.09. The molecule has 0 aliphatic heterocycles. The summed E-state index contributed by atoms with van der Waals surface area (Å²) in [5.74, 6) is 0. The first-order chi connectivity index (χ1) is 8.11.